The van der Waals surface area contributed by atoms with Crippen molar-refractivity contribution in [3.8, 4) is 6.07 Å². The van der Waals surface area contributed by atoms with Crippen LogP contribution in [0.1, 0.15) is 16.7 Å². The number of rotatable bonds is 5. The molecule has 3 N–H and O–H groups in total. The van der Waals surface area contributed by atoms with E-state index in [1.54, 1.807) is 7.11 Å². The molecule has 1 heterocycles. The fraction of sp³-hybridized carbons (Fsp3) is 0.231. The van der Waals surface area contributed by atoms with Gasteiger partial charge in [0.2, 0.25) is 0 Å². The lowest BCUT2D eigenvalue weighted by molar-refractivity contribution is 0.185. The van der Waals surface area contributed by atoms with Gasteiger partial charge >= 0.3 is 0 Å². The standard InChI is InChI=1S/C13H14N4OS/c1-18-8-10-4-2-3-9(5-10)7-16-13-11(6-14)12(15)17-19-13/h2-5,16H,7-8H2,1H3,(H2,15,17). The van der Waals surface area contributed by atoms with Gasteiger partial charge in [0.15, 0.2) is 5.82 Å². The summed E-state index contributed by atoms with van der Waals surface area (Å²) in [6, 6.07) is 10.1. The Balaban J connectivity index is 2.06. The van der Waals surface area contributed by atoms with Crippen LogP contribution in [0.15, 0.2) is 24.3 Å². The average molecular weight is 274 g/mol. The van der Waals surface area contributed by atoms with E-state index in [0.29, 0.717) is 23.7 Å². The summed E-state index contributed by atoms with van der Waals surface area (Å²) in [4.78, 5) is 0. The maximum atomic E-state index is 8.98. The third-order valence-corrected chi connectivity index (χ3v) is 3.40. The molecular weight excluding hydrogens is 260 g/mol. The van der Waals surface area contributed by atoms with Crippen molar-refractivity contribution in [3.05, 3.63) is 41.0 Å². The number of nitriles is 1. The predicted molar refractivity (Wildman–Crippen MR) is 75.7 cm³/mol. The molecular formula is C13H14N4OS. The topological polar surface area (TPSA) is 84.0 Å². The molecule has 0 unspecified atom stereocenters. The second kappa shape index (κ2) is 6.18. The average Bonchev–Trinajstić information content (AvgIpc) is 2.77. The quantitative estimate of drug-likeness (QED) is 0.874. The molecule has 0 spiro atoms. The van der Waals surface area contributed by atoms with Gasteiger partial charge in [-0.05, 0) is 22.7 Å². The number of benzene rings is 1. The van der Waals surface area contributed by atoms with Gasteiger partial charge in [-0.3, -0.25) is 0 Å². The monoisotopic (exact) mass is 274 g/mol. The van der Waals surface area contributed by atoms with Crippen molar-refractivity contribution in [2.75, 3.05) is 18.2 Å². The van der Waals surface area contributed by atoms with Crippen molar-refractivity contribution >= 4 is 22.4 Å². The SMILES string of the molecule is COCc1cccc(CNc2snc(N)c2C#N)c1. The lowest BCUT2D eigenvalue weighted by Crippen LogP contribution is -2.00. The van der Waals surface area contributed by atoms with Crippen LogP contribution < -0.4 is 11.1 Å². The Labute approximate surface area is 115 Å². The van der Waals surface area contributed by atoms with E-state index in [0.717, 1.165) is 11.1 Å². The van der Waals surface area contributed by atoms with Gasteiger partial charge in [-0.1, -0.05) is 24.3 Å². The number of nitrogens with zero attached hydrogens (tertiary/aromatic N) is 2. The Morgan fingerprint density at radius 1 is 1.47 bits per heavy atom. The van der Waals surface area contributed by atoms with Crippen LogP contribution in [0, 0.1) is 11.3 Å². The zero-order valence-corrected chi connectivity index (χ0v) is 11.3. The highest BCUT2D eigenvalue weighted by molar-refractivity contribution is 7.10. The van der Waals surface area contributed by atoms with E-state index in [1.807, 2.05) is 18.2 Å². The second-order valence-electron chi connectivity index (χ2n) is 3.99. The van der Waals surface area contributed by atoms with E-state index < -0.39 is 0 Å². The van der Waals surface area contributed by atoms with Crippen molar-refractivity contribution in [2.45, 2.75) is 13.2 Å². The van der Waals surface area contributed by atoms with E-state index in [-0.39, 0.29) is 5.82 Å². The van der Waals surface area contributed by atoms with Gasteiger partial charge in [0.1, 0.15) is 16.6 Å². The molecule has 0 atom stereocenters. The Kier molecular flexibility index (Phi) is 4.34. The largest absolute Gasteiger partial charge is 0.382 e. The zero-order valence-electron chi connectivity index (χ0n) is 10.5. The lowest BCUT2D eigenvalue weighted by Gasteiger charge is -2.06. The summed E-state index contributed by atoms with van der Waals surface area (Å²) >= 11 is 1.20. The second-order valence-corrected chi connectivity index (χ2v) is 4.76. The van der Waals surface area contributed by atoms with Gasteiger partial charge in [0.05, 0.1) is 6.61 Å². The summed E-state index contributed by atoms with van der Waals surface area (Å²) in [5.41, 5.74) is 8.25. The first-order valence-electron chi connectivity index (χ1n) is 5.70. The number of nitrogen functional groups attached to an aromatic ring is 1. The number of nitrogens with two attached hydrogens (primary N) is 1. The van der Waals surface area contributed by atoms with Crippen molar-refractivity contribution in [2.24, 2.45) is 0 Å². The molecule has 6 heteroatoms. The first-order chi connectivity index (χ1) is 9.24. The highest BCUT2D eigenvalue weighted by atomic mass is 32.1. The minimum Gasteiger partial charge on any atom is -0.382 e. The van der Waals surface area contributed by atoms with Crippen LogP contribution >= 0.6 is 11.5 Å². The maximum absolute atomic E-state index is 8.98. The van der Waals surface area contributed by atoms with Gasteiger partial charge in [-0.2, -0.15) is 9.64 Å². The van der Waals surface area contributed by atoms with E-state index in [4.69, 9.17) is 15.7 Å². The number of hydrogen-bond donors (Lipinski definition) is 2. The molecule has 19 heavy (non-hydrogen) atoms. The van der Waals surface area contributed by atoms with Crippen LogP contribution in [0.2, 0.25) is 0 Å². The normalized spacial score (nSPS) is 10.1. The number of ether oxygens (including phenoxy) is 1. The van der Waals surface area contributed by atoms with Gasteiger partial charge < -0.3 is 15.8 Å². The van der Waals surface area contributed by atoms with E-state index in [1.165, 1.54) is 11.5 Å². The smallest absolute Gasteiger partial charge is 0.157 e. The Morgan fingerprint density at radius 3 is 3.00 bits per heavy atom. The van der Waals surface area contributed by atoms with Gasteiger partial charge in [-0.25, -0.2) is 0 Å². The molecule has 98 valence electrons. The van der Waals surface area contributed by atoms with Crippen molar-refractivity contribution < 1.29 is 4.74 Å². The Bertz CT molecular complexity index is 603. The van der Waals surface area contributed by atoms with Crippen molar-refractivity contribution in [1.29, 1.82) is 5.26 Å². The molecule has 1 aromatic carbocycles. The van der Waals surface area contributed by atoms with Crippen LogP contribution in [0.3, 0.4) is 0 Å². The van der Waals surface area contributed by atoms with Gasteiger partial charge in [-0.15, -0.1) is 0 Å². The first kappa shape index (κ1) is 13.3. The van der Waals surface area contributed by atoms with Crippen LogP contribution in [-0.4, -0.2) is 11.5 Å². The van der Waals surface area contributed by atoms with E-state index in [2.05, 4.69) is 21.8 Å². The lowest BCUT2D eigenvalue weighted by atomic mass is 10.1. The molecule has 0 aliphatic carbocycles. The summed E-state index contributed by atoms with van der Waals surface area (Å²) < 4.78 is 9.06. The first-order valence-corrected chi connectivity index (χ1v) is 6.47. The number of anilines is 2. The molecule has 2 rings (SSSR count). The van der Waals surface area contributed by atoms with Gasteiger partial charge in [0.25, 0.3) is 0 Å². The molecule has 2 aromatic rings. The number of aromatic nitrogens is 1. The Hall–Kier alpha value is -2.10. The molecule has 0 amide bonds. The third-order valence-electron chi connectivity index (χ3n) is 2.59. The van der Waals surface area contributed by atoms with Crippen LogP contribution in [0.25, 0.3) is 0 Å². The zero-order chi connectivity index (χ0) is 13.7. The summed E-state index contributed by atoms with van der Waals surface area (Å²) in [6.07, 6.45) is 0. The number of hydrogen-bond acceptors (Lipinski definition) is 6. The third kappa shape index (κ3) is 3.22. The highest BCUT2D eigenvalue weighted by Crippen LogP contribution is 2.26. The molecule has 0 radical (unpaired) electrons. The predicted octanol–water partition coefficient (Wildman–Crippen LogP) is 2.36. The molecule has 5 nitrogen and oxygen atoms in total. The van der Waals surface area contributed by atoms with Crippen molar-refractivity contribution in [1.82, 2.24) is 4.37 Å². The summed E-state index contributed by atoms with van der Waals surface area (Å²) in [5, 5.41) is 12.9. The van der Waals surface area contributed by atoms with E-state index >= 15 is 0 Å². The van der Waals surface area contributed by atoms with Crippen LogP contribution in [0.5, 0.6) is 0 Å². The molecule has 0 saturated heterocycles. The van der Waals surface area contributed by atoms with E-state index in [9.17, 15) is 0 Å². The highest BCUT2D eigenvalue weighted by Gasteiger charge is 2.10. The molecule has 0 fully saturated rings. The molecule has 0 bridgehead atoms. The van der Waals surface area contributed by atoms with Crippen LogP contribution in [-0.2, 0) is 17.9 Å². The fourth-order valence-electron chi connectivity index (χ4n) is 1.71. The number of nitrogens with one attached hydrogen (secondary N) is 1. The van der Waals surface area contributed by atoms with Gasteiger partial charge in [0, 0.05) is 13.7 Å². The molecule has 1 aromatic heterocycles. The molecule has 0 aliphatic rings. The minimum atomic E-state index is 0.281. The Morgan fingerprint density at radius 2 is 2.26 bits per heavy atom. The maximum Gasteiger partial charge on any atom is 0.157 e. The summed E-state index contributed by atoms with van der Waals surface area (Å²) in [7, 11) is 1.67. The van der Waals surface area contributed by atoms with Crippen molar-refractivity contribution in [3.63, 3.8) is 0 Å². The summed E-state index contributed by atoms with van der Waals surface area (Å²) in [5.74, 6) is 0.281. The molecule has 0 aliphatic heterocycles. The number of methoxy groups -OCH3 is 1. The minimum absolute atomic E-state index is 0.281. The fourth-order valence-corrected chi connectivity index (χ4v) is 2.37. The summed E-state index contributed by atoms with van der Waals surface area (Å²) in [6.45, 7) is 1.21. The molecule has 0 saturated carbocycles. The van der Waals surface area contributed by atoms with Crippen LogP contribution in [0.4, 0.5) is 10.8 Å².